The van der Waals surface area contributed by atoms with Gasteiger partial charge in [0.05, 0.1) is 31.2 Å². The standard InChI is InChI=1S/C28H36N2O6/c1-3-5-6-10-18-35-27(34)22-21-13-14-28(36-21)23(22)25(32)30(16-17-31)24(28)26(33)29(15-4-2)19-20-11-8-7-9-12-20/h3-4,7-9,11-12,21-24,31H,1-2,5-6,10,13-19H2/t21-,22+,23-,24?,28?/m0/s1. The van der Waals surface area contributed by atoms with Gasteiger partial charge >= 0.3 is 5.97 Å². The molecule has 2 bridgehead atoms. The lowest BCUT2D eigenvalue weighted by molar-refractivity contribution is -0.155. The summed E-state index contributed by atoms with van der Waals surface area (Å²) < 4.78 is 11.9. The smallest absolute Gasteiger partial charge is 0.312 e. The molecule has 0 radical (unpaired) electrons. The van der Waals surface area contributed by atoms with Crippen molar-refractivity contribution in [3.8, 4) is 0 Å². The fourth-order valence-corrected chi connectivity index (χ4v) is 6.07. The number of aliphatic hydroxyl groups excluding tert-OH is 1. The molecule has 3 aliphatic rings. The second-order valence-corrected chi connectivity index (χ2v) is 9.76. The number of amides is 2. The van der Waals surface area contributed by atoms with Gasteiger partial charge in [-0.1, -0.05) is 42.5 Å². The third kappa shape index (κ3) is 4.72. The van der Waals surface area contributed by atoms with Gasteiger partial charge in [-0.15, -0.1) is 13.2 Å². The number of likely N-dealkylation sites (tertiary alicyclic amines) is 1. The van der Waals surface area contributed by atoms with Gasteiger partial charge in [-0.05, 0) is 37.7 Å². The van der Waals surface area contributed by atoms with Crippen molar-refractivity contribution in [1.82, 2.24) is 9.80 Å². The number of allylic oxidation sites excluding steroid dienone is 1. The summed E-state index contributed by atoms with van der Waals surface area (Å²) in [7, 11) is 0. The molecule has 1 aromatic rings. The SMILES string of the molecule is C=CCCCCOC(=O)[C@@H]1[C@@H]2CCC3(O2)C(C(=O)N(CC=C)Cc2ccccc2)N(CCO)C(=O)[C@H]13. The molecule has 5 atom stereocenters. The van der Waals surface area contributed by atoms with Crippen molar-refractivity contribution in [2.75, 3.05) is 26.3 Å². The summed E-state index contributed by atoms with van der Waals surface area (Å²) in [5, 5.41) is 9.74. The number of unbranched alkanes of at least 4 members (excludes halogenated alkanes) is 2. The van der Waals surface area contributed by atoms with E-state index in [-0.39, 0.29) is 31.6 Å². The number of β-amino-alcohol motifs (C(OH)–C–C–N with tert-alkyl or cyclic N) is 1. The van der Waals surface area contributed by atoms with Crippen LogP contribution >= 0.6 is 0 Å². The molecule has 1 aromatic carbocycles. The van der Waals surface area contributed by atoms with Crippen LogP contribution < -0.4 is 0 Å². The lowest BCUT2D eigenvalue weighted by Gasteiger charge is -2.36. The number of aliphatic hydroxyl groups is 1. The molecule has 3 saturated heterocycles. The summed E-state index contributed by atoms with van der Waals surface area (Å²) >= 11 is 0. The molecule has 3 heterocycles. The second kappa shape index (κ2) is 11.4. The summed E-state index contributed by atoms with van der Waals surface area (Å²) in [5.74, 6) is -2.56. The van der Waals surface area contributed by atoms with E-state index in [1.807, 2.05) is 36.4 Å². The number of benzene rings is 1. The van der Waals surface area contributed by atoms with Crippen molar-refractivity contribution in [3.63, 3.8) is 0 Å². The molecule has 0 aromatic heterocycles. The third-order valence-corrected chi connectivity index (χ3v) is 7.57. The van der Waals surface area contributed by atoms with E-state index in [0.717, 1.165) is 18.4 Å². The molecular formula is C28H36N2O6. The maximum absolute atomic E-state index is 14.0. The van der Waals surface area contributed by atoms with Crippen LogP contribution in [-0.4, -0.2) is 76.7 Å². The molecule has 1 spiro atoms. The quantitative estimate of drug-likeness (QED) is 0.256. The zero-order valence-corrected chi connectivity index (χ0v) is 20.7. The van der Waals surface area contributed by atoms with Gasteiger partial charge in [0.15, 0.2) is 0 Å². The molecule has 0 aliphatic carbocycles. The van der Waals surface area contributed by atoms with E-state index in [2.05, 4.69) is 13.2 Å². The van der Waals surface area contributed by atoms with Crippen LogP contribution in [0.2, 0.25) is 0 Å². The number of ether oxygens (including phenoxy) is 2. The number of carbonyl (C=O) groups is 3. The van der Waals surface area contributed by atoms with Crippen molar-refractivity contribution >= 4 is 17.8 Å². The van der Waals surface area contributed by atoms with Crippen LogP contribution in [0.25, 0.3) is 0 Å². The fraction of sp³-hybridized carbons (Fsp3) is 0.536. The number of esters is 1. The Morgan fingerprint density at radius 1 is 1.22 bits per heavy atom. The van der Waals surface area contributed by atoms with Gasteiger partial charge < -0.3 is 24.4 Å². The number of rotatable bonds is 13. The first-order chi connectivity index (χ1) is 17.5. The number of hydrogen-bond donors (Lipinski definition) is 1. The molecule has 1 N–H and O–H groups in total. The van der Waals surface area contributed by atoms with Gasteiger partial charge in [0, 0.05) is 19.6 Å². The fourth-order valence-electron chi connectivity index (χ4n) is 6.07. The normalized spacial score (nSPS) is 28.1. The second-order valence-electron chi connectivity index (χ2n) is 9.76. The Bertz CT molecular complexity index is 982. The Hall–Kier alpha value is -2.97. The lowest BCUT2D eigenvalue weighted by atomic mass is 9.70. The molecule has 36 heavy (non-hydrogen) atoms. The molecule has 4 rings (SSSR count). The Morgan fingerprint density at radius 3 is 2.69 bits per heavy atom. The highest BCUT2D eigenvalue weighted by Gasteiger charge is 2.75. The molecule has 3 fully saturated rings. The summed E-state index contributed by atoms with van der Waals surface area (Å²) in [5.41, 5.74) is -0.147. The predicted octanol–water partition coefficient (Wildman–Crippen LogP) is 2.47. The Labute approximate surface area is 212 Å². The highest BCUT2D eigenvalue weighted by Crippen LogP contribution is 2.58. The van der Waals surface area contributed by atoms with Crippen molar-refractivity contribution in [1.29, 1.82) is 0 Å². The Kier molecular flexibility index (Phi) is 8.26. The minimum atomic E-state index is -1.10. The summed E-state index contributed by atoms with van der Waals surface area (Å²) in [6, 6.07) is 8.69. The maximum Gasteiger partial charge on any atom is 0.312 e. The van der Waals surface area contributed by atoms with Gasteiger partial charge in [-0.25, -0.2) is 0 Å². The summed E-state index contributed by atoms with van der Waals surface area (Å²) in [6.07, 6.45) is 6.55. The summed E-state index contributed by atoms with van der Waals surface area (Å²) in [4.78, 5) is 43.9. The first-order valence-corrected chi connectivity index (χ1v) is 12.8. The molecule has 3 aliphatic heterocycles. The van der Waals surface area contributed by atoms with Crippen LogP contribution in [0.4, 0.5) is 0 Å². The minimum absolute atomic E-state index is 0.00188. The van der Waals surface area contributed by atoms with E-state index in [9.17, 15) is 19.5 Å². The van der Waals surface area contributed by atoms with E-state index in [4.69, 9.17) is 9.47 Å². The van der Waals surface area contributed by atoms with Crippen LogP contribution in [0.1, 0.15) is 37.7 Å². The highest BCUT2D eigenvalue weighted by molar-refractivity contribution is 5.98. The number of hydrogen-bond acceptors (Lipinski definition) is 6. The molecule has 194 valence electrons. The Morgan fingerprint density at radius 2 is 2.00 bits per heavy atom. The summed E-state index contributed by atoms with van der Waals surface area (Å²) in [6.45, 7) is 8.13. The van der Waals surface area contributed by atoms with E-state index in [0.29, 0.717) is 32.4 Å². The number of nitrogens with zero attached hydrogens (tertiary/aromatic N) is 2. The van der Waals surface area contributed by atoms with Gasteiger partial charge in [-0.3, -0.25) is 14.4 Å². The largest absolute Gasteiger partial charge is 0.465 e. The third-order valence-electron chi connectivity index (χ3n) is 7.57. The molecule has 0 saturated carbocycles. The molecule has 8 nitrogen and oxygen atoms in total. The Balaban J connectivity index is 1.59. The molecule has 2 unspecified atom stereocenters. The zero-order chi connectivity index (χ0) is 25.7. The monoisotopic (exact) mass is 496 g/mol. The highest BCUT2D eigenvalue weighted by atomic mass is 16.6. The number of fused-ring (bicyclic) bond motifs is 1. The zero-order valence-electron chi connectivity index (χ0n) is 20.7. The average molecular weight is 497 g/mol. The molecular weight excluding hydrogens is 460 g/mol. The van der Waals surface area contributed by atoms with Crippen LogP contribution in [0.5, 0.6) is 0 Å². The van der Waals surface area contributed by atoms with E-state index >= 15 is 0 Å². The van der Waals surface area contributed by atoms with Gasteiger partial charge in [-0.2, -0.15) is 0 Å². The van der Waals surface area contributed by atoms with E-state index in [1.165, 1.54) is 4.90 Å². The van der Waals surface area contributed by atoms with Gasteiger partial charge in [0.2, 0.25) is 11.8 Å². The first kappa shape index (κ1) is 26.1. The first-order valence-electron chi connectivity index (χ1n) is 12.8. The van der Waals surface area contributed by atoms with Crippen LogP contribution in [0.15, 0.2) is 55.6 Å². The lowest BCUT2D eigenvalue weighted by Crippen LogP contribution is -2.56. The van der Waals surface area contributed by atoms with E-state index in [1.54, 1.807) is 11.0 Å². The van der Waals surface area contributed by atoms with Gasteiger partial charge in [0.25, 0.3) is 0 Å². The van der Waals surface area contributed by atoms with Gasteiger partial charge in [0.1, 0.15) is 11.6 Å². The molecule has 2 amide bonds. The van der Waals surface area contributed by atoms with Crippen LogP contribution in [0.3, 0.4) is 0 Å². The van der Waals surface area contributed by atoms with Crippen molar-refractivity contribution in [3.05, 3.63) is 61.2 Å². The molecule has 8 heteroatoms. The van der Waals surface area contributed by atoms with Crippen LogP contribution in [0, 0.1) is 11.8 Å². The van der Waals surface area contributed by atoms with Crippen molar-refractivity contribution in [2.45, 2.75) is 56.4 Å². The van der Waals surface area contributed by atoms with E-state index < -0.39 is 35.6 Å². The maximum atomic E-state index is 14.0. The minimum Gasteiger partial charge on any atom is -0.465 e. The number of carbonyl (C=O) groups excluding carboxylic acids is 3. The topological polar surface area (TPSA) is 96.4 Å². The van der Waals surface area contributed by atoms with Crippen molar-refractivity contribution < 1.29 is 29.0 Å². The van der Waals surface area contributed by atoms with Crippen molar-refractivity contribution in [2.24, 2.45) is 11.8 Å². The van der Waals surface area contributed by atoms with Crippen LogP contribution in [-0.2, 0) is 30.4 Å². The predicted molar refractivity (Wildman–Crippen MR) is 133 cm³/mol. The average Bonchev–Trinajstić information content (AvgIpc) is 3.52.